The van der Waals surface area contributed by atoms with Crippen LogP contribution in [-0.4, -0.2) is 39.2 Å². The van der Waals surface area contributed by atoms with Gasteiger partial charge in [-0.05, 0) is 49.4 Å². The number of aryl methyl sites for hydroxylation is 1. The molecule has 3 aromatic heterocycles. The second-order valence-corrected chi connectivity index (χ2v) is 9.05. The van der Waals surface area contributed by atoms with E-state index < -0.39 is 0 Å². The van der Waals surface area contributed by atoms with Crippen LogP contribution in [0.15, 0.2) is 34.4 Å². The second-order valence-electron chi connectivity index (χ2n) is 7.62. The first-order valence-corrected chi connectivity index (χ1v) is 10.5. The fraction of sp³-hybridized carbons (Fsp3) is 0.421. The molecule has 4 N–H and O–H groups in total. The van der Waals surface area contributed by atoms with Gasteiger partial charge in [-0.15, -0.1) is 0 Å². The number of rotatable bonds is 4. The predicted octanol–water partition coefficient (Wildman–Crippen LogP) is 3.38. The molecule has 0 bridgehead atoms. The van der Waals surface area contributed by atoms with Gasteiger partial charge in [0.25, 0.3) is 0 Å². The van der Waals surface area contributed by atoms with E-state index in [0.29, 0.717) is 10.8 Å². The van der Waals surface area contributed by atoms with Crippen LogP contribution < -0.4 is 16.4 Å². The fourth-order valence-electron chi connectivity index (χ4n) is 3.52. The summed E-state index contributed by atoms with van der Waals surface area (Å²) in [5.74, 6) is 1.39. The number of piperidine rings is 1. The summed E-state index contributed by atoms with van der Waals surface area (Å²) in [5.41, 5.74) is 14.0. The standard InChI is InChI=1S/C19H24ClN7S/c1-12-9-14(26-7-4-19(2,10-21)5-8-26)27-18(24-11-25-27)16(12)28-13-3-6-23-17(22)15(13)20/h3,6,9,11H,4-5,7-8,10,21H2,1-2H3,(H2,22,23). The highest BCUT2D eigenvalue weighted by Crippen LogP contribution is 2.40. The Kier molecular flexibility index (Phi) is 5.11. The summed E-state index contributed by atoms with van der Waals surface area (Å²) >= 11 is 7.88. The Morgan fingerprint density at radius 1 is 1.29 bits per heavy atom. The van der Waals surface area contributed by atoms with E-state index in [1.54, 1.807) is 12.5 Å². The van der Waals surface area contributed by atoms with Crippen LogP contribution in [0.1, 0.15) is 25.3 Å². The monoisotopic (exact) mass is 417 g/mol. The van der Waals surface area contributed by atoms with E-state index in [-0.39, 0.29) is 5.41 Å². The van der Waals surface area contributed by atoms with Gasteiger partial charge in [0.1, 0.15) is 18.0 Å². The van der Waals surface area contributed by atoms with Gasteiger partial charge in [-0.1, -0.05) is 30.3 Å². The molecule has 7 nitrogen and oxygen atoms in total. The molecule has 0 aliphatic carbocycles. The maximum absolute atomic E-state index is 6.34. The minimum absolute atomic E-state index is 0.223. The number of hydrogen-bond acceptors (Lipinski definition) is 7. The molecule has 1 aliphatic heterocycles. The van der Waals surface area contributed by atoms with Crippen molar-refractivity contribution in [3.63, 3.8) is 0 Å². The molecule has 28 heavy (non-hydrogen) atoms. The number of nitrogens with two attached hydrogens (primary N) is 2. The number of pyridine rings is 2. The highest BCUT2D eigenvalue weighted by molar-refractivity contribution is 7.99. The van der Waals surface area contributed by atoms with Crippen molar-refractivity contribution in [1.82, 2.24) is 19.6 Å². The predicted molar refractivity (Wildman–Crippen MR) is 114 cm³/mol. The van der Waals surface area contributed by atoms with Crippen LogP contribution in [0.5, 0.6) is 0 Å². The zero-order chi connectivity index (χ0) is 19.9. The zero-order valence-electron chi connectivity index (χ0n) is 16.0. The molecule has 0 unspecified atom stereocenters. The summed E-state index contributed by atoms with van der Waals surface area (Å²) in [7, 11) is 0. The smallest absolute Gasteiger partial charge is 0.171 e. The van der Waals surface area contributed by atoms with Crippen LogP contribution >= 0.6 is 23.4 Å². The largest absolute Gasteiger partial charge is 0.382 e. The molecule has 1 fully saturated rings. The van der Waals surface area contributed by atoms with Crippen LogP contribution in [0.4, 0.5) is 11.6 Å². The van der Waals surface area contributed by atoms with E-state index >= 15 is 0 Å². The van der Waals surface area contributed by atoms with E-state index in [9.17, 15) is 0 Å². The summed E-state index contributed by atoms with van der Waals surface area (Å²) in [6.45, 7) is 7.00. The number of halogens is 1. The van der Waals surface area contributed by atoms with Crippen molar-refractivity contribution >= 4 is 40.6 Å². The summed E-state index contributed by atoms with van der Waals surface area (Å²) in [4.78, 5) is 12.8. The number of fused-ring (bicyclic) bond motifs is 1. The first-order valence-electron chi connectivity index (χ1n) is 9.28. The van der Waals surface area contributed by atoms with E-state index in [2.05, 4.69) is 39.9 Å². The van der Waals surface area contributed by atoms with Crippen LogP contribution in [0.25, 0.3) is 5.65 Å². The lowest BCUT2D eigenvalue weighted by Gasteiger charge is -2.39. The van der Waals surface area contributed by atoms with E-state index in [1.807, 2.05) is 10.6 Å². The van der Waals surface area contributed by atoms with Crippen molar-refractivity contribution in [3.8, 4) is 0 Å². The minimum Gasteiger partial charge on any atom is -0.382 e. The lowest BCUT2D eigenvalue weighted by atomic mass is 9.80. The van der Waals surface area contributed by atoms with Gasteiger partial charge < -0.3 is 16.4 Å². The minimum atomic E-state index is 0.223. The third-order valence-corrected chi connectivity index (χ3v) is 7.33. The lowest BCUT2D eigenvalue weighted by molar-refractivity contribution is 0.257. The van der Waals surface area contributed by atoms with Crippen LogP contribution in [0.2, 0.25) is 5.02 Å². The first-order chi connectivity index (χ1) is 13.4. The number of nitrogens with zero attached hydrogens (tertiary/aromatic N) is 5. The zero-order valence-corrected chi connectivity index (χ0v) is 17.6. The third-order valence-electron chi connectivity index (χ3n) is 5.55. The maximum Gasteiger partial charge on any atom is 0.171 e. The molecular formula is C19H24ClN7S. The lowest BCUT2D eigenvalue weighted by Crippen LogP contribution is -2.43. The highest BCUT2D eigenvalue weighted by atomic mass is 35.5. The van der Waals surface area contributed by atoms with Crippen molar-refractivity contribution in [2.24, 2.45) is 11.1 Å². The number of anilines is 2. The summed E-state index contributed by atoms with van der Waals surface area (Å²) in [5, 5.41) is 4.95. The Morgan fingerprint density at radius 3 is 2.75 bits per heavy atom. The first kappa shape index (κ1) is 19.3. The molecule has 0 atom stereocenters. The molecule has 0 spiro atoms. The van der Waals surface area contributed by atoms with Crippen LogP contribution in [0, 0.1) is 12.3 Å². The molecule has 1 saturated heterocycles. The Balaban J connectivity index is 1.70. The quantitative estimate of drug-likeness (QED) is 0.671. The van der Waals surface area contributed by atoms with Crippen LogP contribution in [0.3, 0.4) is 0 Å². The number of nitrogen functional groups attached to an aromatic ring is 1. The molecule has 0 amide bonds. The summed E-state index contributed by atoms with van der Waals surface area (Å²) in [6, 6.07) is 4.04. The molecule has 3 aromatic rings. The van der Waals surface area contributed by atoms with Crippen molar-refractivity contribution in [1.29, 1.82) is 0 Å². The Morgan fingerprint density at radius 2 is 2.04 bits per heavy atom. The fourth-order valence-corrected chi connectivity index (χ4v) is 4.74. The summed E-state index contributed by atoms with van der Waals surface area (Å²) < 4.78 is 1.92. The van der Waals surface area contributed by atoms with E-state index in [0.717, 1.165) is 59.3 Å². The van der Waals surface area contributed by atoms with Gasteiger partial charge in [-0.25, -0.2) is 9.97 Å². The van der Waals surface area contributed by atoms with Gasteiger partial charge in [-0.2, -0.15) is 9.61 Å². The van der Waals surface area contributed by atoms with Crippen molar-refractivity contribution in [2.45, 2.75) is 36.5 Å². The van der Waals surface area contributed by atoms with Gasteiger partial charge in [0.2, 0.25) is 0 Å². The van der Waals surface area contributed by atoms with Gasteiger partial charge >= 0.3 is 0 Å². The molecule has 0 saturated carbocycles. The average molecular weight is 418 g/mol. The van der Waals surface area contributed by atoms with Crippen molar-refractivity contribution in [2.75, 3.05) is 30.3 Å². The van der Waals surface area contributed by atoms with Crippen molar-refractivity contribution < 1.29 is 0 Å². The molecule has 4 heterocycles. The van der Waals surface area contributed by atoms with Gasteiger partial charge in [0, 0.05) is 24.2 Å². The molecule has 148 valence electrons. The average Bonchev–Trinajstić information content (AvgIpc) is 3.17. The van der Waals surface area contributed by atoms with Crippen LogP contribution in [-0.2, 0) is 0 Å². The SMILES string of the molecule is Cc1cc(N2CCC(C)(CN)CC2)n2ncnc2c1Sc1ccnc(N)c1Cl. The van der Waals surface area contributed by atoms with E-state index in [4.69, 9.17) is 23.1 Å². The third kappa shape index (κ3) is 3.40. The Labute approximate surface area is 173 Å². The molecule has 1 aliphatic rings. The van der Waals surface area contributed by atoms with Gasteiger partial charge in [0.15, 0.2) is 5.65 Å². The second kappa shape index (κ2) is 7.42. The molecule has 0 aromatic carbocycles. The Hall–Kier alpha value is -2.03. The Bertz CT molecular complexity index is 1010. The van der Waals surface area contributed by atoms with Gasteiger partial charge in [0.05, 0.1) is 9.92 Å². The molecule has 9 heteroatoms. The number of aromatic nitrogens is 4. The van der Waals surface area contributed by atoms with Gasteiger partial charge in [-0.3, -0.25) is 0 Å². The normalized spacial score (nSPS) is 16.6. The summed E-state index contributed by atoms with van der Waals surface area (Å²) in [6.07, 6.45) is 5.40. The highest BCUT2D eigenvalue weighted by Gasteiger charge is 2.30. The topological polar surface area (TPSA) is 98.4 Å². The van der Waals surface area contributed by atoms with E-state index in [1.165, 1.54) is 11.8 Å². The molecule has 4 rings (SSSR count). The van der Waals surface area contributed by atoms with Crippen molar-refractivity contribution in [3.05, 3.63) is 35.2 Å². The maximum atomic E-state index is 6.34. The number of hydrogen-bond donors (Lipinski definition) is 2. The molecular weight excluding hydrogens is 394 g/mol. The molecule has 0 radical (unpaired) electrons.